The zero-order chi connectivity index (χ0) is 14.8. The van der Waals surface area contributed by atoms with E-state index in [1.165, 1.54) is 12.1 Å². The number of halogens is 1. The molecule has 1 atom stereocenters. The van der Waals surface area contributed by atoms with Gasteiger partial charge in [-0.3, -0.25) is 14.9 Å². The number of carbonyl (C=O) groups excluding carboxylic acids is 1. The molecule has 0 spiro atoms. The van der Waals surface area contributed by atoms with E-state index < -0.39 is 21.8 Å². The molecule has 0 aromatic heterocycles. The highest BCUT2D eigenvalue weighted by Crippen LogP contribution is 2.37. The van der Waals surface area contributed by atoms with Crippen LogP contribution in [0.2, 0.25) is 0 Å². The van der Waals surface area contributed by atoms with Crippen molar-refractivity contribution in [1.82, 2.24) is 0 Å². The lowest BCUT2D eigenvalue weighted by atomic mass is 9.70. The van der Waals surface area contributed by atoms with Gasteiger partial charge in [0.15, 0.2) is 5.78 Å². The van der Waals surface area contributed by atoms with E-state index in [0.717, 1.165) is 18.9 Å². The Labute approximate surface area is 115 Å². The van der Waals surface area contributed by atoms with Crippen molar-refractivity contribution in [2.24, 2.45) is 5.41 Å². The molecule has 20 heavy (non-hydrogen) atoms. The lowest BCUT2D eigenvalue weighted by molar-refractivity contribution is -0.387. The van der Waals surface area contributed by atoms with Gasteiger partial charge in [0, 0.05) is 18.9 Å². The first-order valence-electron chi connectivity index (χ1n) is 6.36. The Morgan fingerprint density at radius 1 is 1.45 bits per heavy atom. The summed E-state index contributed by atoms with van der Waals surface area (Å²) in [5.74, 6) is -1.15. The van der Waals surface area contributed by atoms with Crippen LogP contribution in [0, 0.1) is 32.7 Å². The summed E-state index contributed by atoms with van der Waals surface area (Å²) >= 11 is 0. The molecule has 5 nitrogen and oxygen atoms in total. The van der Waals surface area contributed by atoms with Crippen molar-refractivity contribution >= 4 is 11.5 Å². The average molecular weight is 276 g/mol. The van der Waals surface area contributed by atoms with Gasteiger partial charge in [0.2, 0.25) is 5.82 Å². The molecule has 0 heterocycles. The van der Waals surface area contributed by atoms with Crippen molar-refractivity contribution in [2.45, 2.75) is 32.1 Å². The van der Waals surface area contributed by atoms with E-state index in [1.807, 2.05) is 6.07 Å². The third kappa shape index (κ3) is 2.39. The highest BCUT2D eigenvalue weighted by molar-refractivity contribution is 5.88. The van der Waals surface area contributed by atoms with Crippen molar-refractivity contribution in [3.63, 3.8) is 0 Å². The monoisotopic (exact) mass is 276 g/mol. The fourth-order valence-electron chi connectivity index (χ4n) is 2.60. The predicted molar refractivity (Wildman–Crippen MR) is 68.3 cm³/mol. The van der Waals surface area contributed by atoms with Crippen molar-refractivity contribution in [1.29, 1.82) is 5.26 Å². The summed E-state index contributed by atoms with van der Waals surface area (Å²) < 4.78 is 14.0. The van der Waals surface area contributed by atoms with Gasteiger partial charge in [-0.05, 0) is 18.4 Å². The van der Waals surface area contributed by atoms with Crippen molar-refractivity contribution < 1.29 is 14.1 Å². The van der Waals surface area contributed by atoms with E-state index in [-0.39, 0.29) is 17.8 Å². The molecule has 1 unspecified atom stereocenters. The van der Waals surface area contributed by atoms with Gasteiger partial charge < -0.3 is 0 Å². The maximum Gasteiger partial charge on any atom is 0.305 e. The standard InChI is InChI=1S/C14H13FN2O3/c15-13-10(4-3-5-11(13)17(19)20)8-14(9-16)7-2-1-6-12(14)18/h3-5H,1-2,6-8H2. The van der Waals surface area contributed by atoms with Gasteiger partial charge in [-0.25, -0.2) is 0 Å². The summed E-state index contributed by atoms with van der Waals surface area (Å²) in [6, 6.07) is 5.84. The molecular weight excluding hydrogens is 263 g/mol. The van der Waals surface area contributed by atoms with Crippen LogP contribution in [-0.2, 0) is 11.2 Å². The first-order chi connectivity index (χ1) is 9.50. The molecule has 2 rings (SSSR count). The second-order valence-corrected chi connectivity index (χ2v) is 5.01. The van der Waals surface area contributed by atoms with Crippen LogP contribution >= 0.6 is 0 Å². The number of carbonyl (C=O) groups is 1. The summed E-state index contributed by atoms with van der Waals surface area (Å²) in [6.45, 7) is 0. The molecule has 1 aliphatic rings. The number of nitriles is 1. The van der Waals surface area contributed by atoms with Gasteiger partial charge in [0.25, 0.3) is 0 Å². The minimum Gasteiger partial charge on any atom is -0.298 e. The van der Waals surface area contributed by atoms with Gasteiger partial charge in [-0.2, -0.15) is 9.65 Å². The van der Waals surface area contributed by atoms with Gasteiger partial charge >= 0.3 is 5.69 Å². The molecular formula is C14H13FN2O3. The summed E-state index contributed by atoms with van der Waals surface area (Å²) in [4.78, 5) is 21.9. The molecule has 0 radical (unpaired) electrons. The normalized spacial score (nSPS) is 22.3. The van der Waals surface area contributed by atoms with Crippen LogP contribution in [-0.4, -0.2) is 10.7 Å². The Morgan fingerprint density at radius 2 is 2.20 bits per heavy atom. The fourth-order valence-corrected chi connectivity index (χ4v) is 2.60. The Balaban J connectivity index is 2.38. The second-order valence-electron chi connectivity index (χ2n) is 5.01. The van der Waals surface area contributed by atoms with Crippen molar-refractivity contribution in [3.8, 4) is 6.07 Å². The Bertz CT molecular complexity index is 609. The van der Waals surface area contributed by atoms with E-state index in [0.29, 0.717) is 12.8 Å². The smallest absolute Gasteiger partial charge is 0.298 e. The summed E-state index contributed by atoms with van der Waals surface area (Å²) in [5.41, 5.74) is -1.82. The largest absolute Gasteiger partial charge is 0.305 e. The highest BCUT2D eigenvalue weighted by atomic mass is 19.1. The molecule has 0 bridgehead atoms. The number of nitro benzene ring substituents is 1. The van der Waals surface area contributed by atoms with Crippen molar-refractivity contribution in [2.75, 3.05) is 0 Å². The third-order valence-corrected chi connectivity index (χ3v) is 3.75. The number of nitrogens with zero attached hydrogens (tertiary/aromatic N) is 2. The van der Waals surface area contributed by atoms with Gasteiger partial charge in [-0.1, -0.05) is 18.6 Å². The minimum atomic E-state index is -1.24. The number of benzene rings is 1. The molecule has 1 aromatic rings. The van der Waals surface area contributed by atoms with Crippen molar-refractivity contribution in [3.05, 3.63) is 39.7 Å². The number of hydrogen-bond acceptors (Lipinski definition) is 4. The van der Waals surface area contributed by atoms with Crippen LogP contribution in [0.25, 0.3) is 0 Å². The molecule has 0 aliphatic heterocycles. The molecule has 1 fully saturated rings. The number of Topliss-reactive ketones (excluding diaryl/α,β-unsaturated/α-hetero) is 1. The SMILES string of the molecule is N#CC1(Cc2cccc([N+](=O)[O-])c2F)CCCCC1=O. The van der Waals surface area contributed by atoms with E-state index in [1.54, 1.807) is 0 Å². The summed E-state index contributed by atoms with van der Waals surface area (Å²) in [7, 11) is 0. The molecule has 0 N–H and O–H groups in total. The number of nitro groups is 1. The maximum absolute atomic E-state index is 14.0. The van der Waals surface area contributed by atoms with Crippen LogP contribution < -0.4 is 0 Å². The van der Waals surface area contributed by atoms with Crippen LogP contribution in [0.1, 0.15) is 31.2 Å². The Hall–Kier alpha value is -2.29. The van der Waals surface area contributed by atoms with Crippen LogP contribution in [0.3, 0.4) is 0 Å². The van der Waals surface area contributed by atoms with Gasteiger partial charge in [-0.15, -0.1) is 0 Å². The highest BCUT2D eigenvalue weighted by Gasteiger charge is 2.41. The average Bonchev–Trinajstić information content (AvgIpc) is 2.43. The van der Waals surface area contributed by atoms with Crippen LogP contribution in [0.4, 0.5) is 10.1 Å². The predicted octanol–water partition coefficient (Wildman–Crippen LogP) is 2.93. The van der Waals surface area contributed by atoms with E-state index in [2.05, 4.69) is 0 Å². The zero-order valence-electron chi connectivity index (χ0n) is 10.8. The molecule has 1 aliphatic carbocycles. The summed E-state index contributed by atoms with van der Waals surface area (Å²) in [6.07, 6.45) is 2.06. The molecule has 0 amide bonds. The first kappa shape index (κ1) is 14.1. The molecule has 1 aromatic carbocycles. The number of rotatable bonds is 3. The van der Waals surface area contributed by atoms with E-state index in [9.17, 15) is 24.6 Å². The zero-order valence-corrected chi connectivity index (χ0v) is 10.8. The van der Waals surface area contributed by atoms with Crippen LogP contribution in [0.5, 0.6) is 0 Å². The molecule has 6 heteroatoms. The van der Waals surface area contributed by atoms with Gasteiger partial charge in [0.1, 0.15) is 5.41 Å². The molecule has 104 valence electrons. The minimum absolute atomic E-state index is 0.0519. The first-order valence-corrected chi connectivity index (χ1v) is 6.36. The fraction of sp³-hybridized carbons (Fsp3) is 0.429. The Morgan fingerprint density at radius 3 is 2.80 bits per heavy atom. The molecule has 1 saturated carbocycles. The van der Waals surface area contributed by atoms with E-state index >= 15 is 0 Å². The lowest BCUT2D eigenvalue weighted by Crippen LogP contribution is -2.35. The van der Waals surface area contributed by atoms with Crippen LogP contribution in [0.15, 0.2) is 18.2 Å². The quantitative estimate of drug-likeness (QED) is 0.627. The number of hydrogen-bond donors (Lipinski definition) is 0. The molecule has 0 saturated heterocycles. The second kappa shape index (κ2) is 5.37. The lowest BCUT2D eigenvalue weighted by Gasteiger charge is -2.29. The van der Waals surface area contributed by atoms with Gasteiger partial charge in [0.05, 0.1) is 11.0 Å². The Kier molecular flexibility index (Phi) is 3.79. The maximum atomic E-state index is 14.0. The van der Waals surface area contributed by atoms with E-state index in [4.69, 9.17) is 0 Å². The summed E-state index contributed by atoms with van der Waals surface area (Å²) in [5, 5.41) is 20.0. The number of ketones is 1. The topological polar surface area (TPSA) is 84.0 Å². The third-order valence-electron chi connectivity index (χ3n) is 3.75.